The van der Waals surface area contributed by atoms with Crippen molar-refractivity contribution in [2.75, 3.05) is 0 Å². The monoisotopic (exact) mass is 166 g/mol. The van der Waals surface area contributed by atoms with Crippen LogP contribution in [0.1, 0.15) is 41.0 Å². The highest BCUT2D eigenvalue weighted by Gasteiger charge is 2.29. The molecule has 2 heteroatoms. The van der Waals surface area contributed by atoms with Crippen LogP contribution in [-0.4, -0.2) is 5.54 Å². The van der Waals surface area contributed by atoms with Crippen molar-refractivity contribution in [3.63, 3.8) is 0 Å². The number of nitrogens with one attached hydrogen (secondary N) is 1. The predicted molar refractivity (Wildman–Crippen MR) is 49.0 cm³/mol. The molecule has 0 heterocycles. The summed E-state index contributed by atoms with van der Waals surface area (Å²) in [4.78, 5) is 3.56. The fraction of sp³-hybridized carbons (Fsp3) is 0.800. The molecule has 0 aromatic heterocycles. The molecule has 0 bridgehead atoms. The van der Waals surface area contributed by atoms with Crippen molar-refractivity contribution in [3.8, 4) is 0 Å². The molecule has 0 aliphatic carbocycles. The summed E-state index contributed by atoms with van der Waals surface area (Å²) in [5, 5.41) is 5.00. The van der Waals surface area contributed by atoms with Crippen molar-refractivity contribution in [2.24, 2.45) is 5.41 Å². The average Bonchev–Trinajstić information content (AvgIpc) is 1.88. The predicted octanol–water partition coefficient (Wildman–Crippen LogP) is 1.47. The van der Waals surface area contributed by atoms with Crippen molar-refractivity contribution in [2.45, 2.75) is 46.6 Å². The topological polar surface area (TPSA) is 28.2 Å². The van der Waals surface area contributed by atoms with Gasteiger partial charge in [0.15, 0.2) is 0 Å². The quantitative estimate of drug-likeness (QED) is 0.571. The van der Waals surface area contributed by atoms with Crippen LogP contribution in [0, 0.1) is 18.6 Å². The lowest BCUT2D eigenvalue weighted by molar-refractivity contribution is -0.0997. The summed E-state index contributed by atoms with van der Waals surface area (Å²) < 4.78 is 0. The van der Waals surface area contributed by atoms with Gasteiger partial charge in [-0.05, 0) is 5.41 Å². The first kappa shape index (κ1) is 13.6. The van der Waals surface area contributed by atoms with Crippen LogP contribution in [0.3, 0.4) is 0 Å². The molecule has 12 heavy (non-hydrogen) atoms. The highest BCUT2D eigenvalue weighted by atomic mass is 14.8. The lowest BCUT2D eigenvalue weighted by Crippen LogP contribution is -2.22. The maximum absolute atomic E-state index is 6.91. The van der Waals surface area contributed by atoms with E-state index < -0.39 is 0 Å². The molecule has 0 rings (SSSR count). The van der Waals surface area contributed by atoms with Gasteiger partial charge in [-0.15, -0.1) is 0 Å². The van der Waals surface area contributed by atoms with Crippen molar-refractivity contribution < 1.29 is 5.26 Å². The summed E-state index contributed by atoms with van der Waals surface area (Å²) >= 11 is 0. The molecular weight excluding hydrogens is 148 g/mol. The first-order valence-corrected chi connectivity index (χ1v) is 3.90. The Balaban J connectivity index is 0. The molecule has 0 saturated heterocycles. The lowest BCUT2D eigenvalue weighted by atomic mass is 9.82. The SMILES string of the molecule is [C-]#[N+]C(C)(C)CC(C)(C)C.[C-]#[NH+]. The van der Waals surface area contributed by atoms with Gasteiger partial charge in [-0.3, -0.25) is 0 Å². The van der Waals surface area contributed by atoms with Crippen molar-refractivity contribution in [3.05, 3.63) is 18.0 Å². The second kappa shape index (κ2) is 4.78. The molecule has 0 radical (unpaired) electrons. The molecule has 2 nitrogen and oxygen atoms in total. The summed E-state index contributed by atoms with van der Waals surface area (Å²) in [6, 6.07) is 0. The molecule has 68 valence electrons. The van der Waals surface area contributed by atoms with Gasteiger partial charge in [-0.1, -0.05) is 20.8 Å². The molecular formula is C10H18N2. The average molecular weight is 166 g/mol. The zero-order chi connectivity index (χ0) is 10.4. The van der Waals surface area contributed by atoms with E-state index in [0.29, 0.717) is 0 Å². The Morgan fingerprint density at radius 2 is 1.42 bits per heavy atom. The minimum Gasteiger partial charge on any atom is -0.335 e. The van der Waals surface area contributed by atoms with E-state index in [-0.39, 0.29) is 11.0 Å². The van der Waals surface area contributed by atoms with E-state index in [9.17, 15) is 0 Å². The third kappa shape index (κ3) is 8.98. The van der Waals surface area contributed by atoms with E-state index in [2.05, 4.69) is 25.6 Å². The Morgan fingerprint density at radius 3 is 1.50 bits per heavy atom. The molecule has 0 aromatic rings. The van der Waals surface area contributed by atoms with Crippen LogP contribution >= 0.6 is 0 Å². The minimum absolute atomic E-state index is 0.182. The van der Waals surface area contributed by atoms with Crippen molar-refractivity contribution >= 4 is 0 Å². The van der Waals surface area contributed by atoms with Crippen LogP contribution in [0.25, 0.3) is 4.85 Å². The van der Waals surface area contributed by atoms with E-state index in [1.165, 1.54) is 0 Å². The number of nitrogens with zero attached hydrogens (tertiary/aromatic N) is 1. The van der Waals surface area contributed by atoms with Gasteiger partial charge in [-0.2, -0.15) is 0 Å². The van der Waals surface area contributed by atoms with Gasteiger partial charge in [0.25, 0.3) is 0 Å². The molecule has 0 saturated carbocycles. The zero-order valence-corrected chi connectivity index (χ0v) is 8.65. The van der Waals surface area contributed by atoms with Crippen LogP contribution in [0.4, 0.5) is 0 Å². The summed E-state index contributed by atoms with van der Waals surface area (Å²) in [6.07, 6.45) is 0.962. The van der Waals surface area contributed by atoms with E-state index in [1.54, 1.807) is 0 Å². The van der Waals surface area contributed by atoms with Crippen molar-refractivity contribution in [1.82, 2.24) is 0 Å². The number of hydrogen-bond donors (Lipinski definition) is 1. The molecule has 0 aliphatic heterocycles. The van der Waals surface area contributed by atoms with Gasteiger partial charge in [-0.25, -0.2) is 13.1 Å². The van der Waals surface area contributed by atoms with E-state index >= 15 is 0 Å². The standard InChI is InChI=1S/C9H17N.CHN/c1-8(2,3)7-9(4,5)10-6;1-2/h7H2,1-5H3;2H. The summed E-state index contributed by atoms with van der Waals surface area (Å²) in [6.45, 7) is 22.4. The maximum Gasteiger partial charge on any atom is 0.227 e. The van der Waals surface area contributed by atoms with Gasteiger partial charge in [0.1, 0.15) is 0 Å². The van der Waals surface area contributed by atoms with Gasteiger partial charge < -0.3 is 10.1 Å². The Hall–Kier alpha value is -1.02. The van der Waals surface area contributed by atoms with Crippen LogP contribution in [0.5, 0.6) is 0 Å². The molecule has 0 unspecified atom stereocenters. The molecule has 0 fully saturated rings. The first-order chi connectivity index (χ1) is 5.27. The molecule has 1 N–H and O–H groups in total. The number of hydrogen-bond acceptors (Lipinski definition) is 0. The molecule has 0 aliphatic rings. The third-order valence-electron chi connectivity index (χ3n) is 1.27. The maximum atomic E-state index is 6.91. The van der Waals surface area contributed by atoms with Gasteiger partial charge in [0.2, 0.25) is 5.54 Å². The van der Waals surface area contributed by atoms with Crippen LogP contribution in [0.2, 0.25) is 0 Å². The Bertz CT molecular complexity index is 176. The van der Waals surface area contributed by atoms with Crippen LogP contribution in [0.15, 0.2) is 0 Å². The van der Waals surface area contributed by atoms with Gasteiger partial charge in [0, 0.05) is 20.3 Å². The zero-order valence-electron chi connectivity index (χ0n) is 8.65. The fourth-order valence-corrected chi connectivity index (χ4v) is 1.34. The lowest BCUT2D eigenvalue weighted by Gasteiger charge is -2.22. The highest BCUT2D eigenvalue weighted by Crippen LogP contribution is 2.29. The summed E-state index contributed by atoms with van der Waals surface area (Å²) in [7, 11) is 0. The second-order valence-corrected chi connectivity index (χ2v) is 4.66. The van der Waals surface area contributed by atoms with Crippen LogP contribution < -0.4 is 5.26 Å². The smallest absolute Gasteiger partial charge is 0.227 e. The minimum atomic E-state index is -0.182. The number of rotatable bonds is 1. The highest BCUT2D eigenvalue weighted by molar-refractivity contribution is 4.92. The summed E-state index contributed by atoms with van der Waals surface area (Å²) in [5.74, 6) is 0. The van der Waals surface area contributed by atoms with E-state index in [4.69, 9.17) is 18.4 Å². The van der Waals surface area contributed by atoms with E-state index in [0.717, 1.165) is 6.42 Å². The molecule has 0 aromatic carbocycles. The normalized spacial score (nSPS) is 10.8. The molecule has 0 atom stereocenters. The van der Waals surface area contributed by atoms with E-state index in [1.807, 2.05) is 13.8 Å². The molecule has 0 amide bonds. The fourth-order valence-electron chi connectivity index (χ4n) is 1.34. The third-order valence-corrected chi connectivity index (χ3v) is 1.27. The Morgan fingerprint density at radius 1 is 1.08 bits per heavy atom. The van der Waals surface area contributed by atoms with Gasteiger partial charge >= 0.3 is 0 Å². The Kier molecular flexibility index (Phi) is 5.40. The Labute approximate surface area is 76.0 Å². The first-order valence-electron chi connectivity index (χ1n) is 3.90. The van der Waals surface area contributed by atoms with Gasteiger partial charge in [0.05, 0.1) is 0 Å². The molecule has 0 spiro atoms. The largest absolute Gasteiger partial charge is 0.335 e. The second-order valence-electron chi connectivity index (χ2n) is 4.66. The van der Waals surface area contributed by atoms with Crippen molar-refractivity contribution in [1.29, 1.82) is 0 Å². The summed E-state index contributed by atoms with van der Waals surface area (Å²) in [5.41, 5.74) is 0.0896. The van der Waals surface area contributed by atoms with Crippen LogP contribution in [-0.2, 0) is 0 Å².